The van der Waals surface area contributed by atoms with Crippen LogP contribution in [0.2, 0.25) is 0 Å². The Morgan fingerprint density at radius 3 is 2.36 bits per heavy atom. The second kappa shape index (κ2) is 7.41. The van der Waals surface area contributed by atoms with Gasteiger partial charge < -0.3 is 4.90 Å². The van der Waals surface area contributed by atoms with Gasteiger partial charge in [-0.3, -0.25) is 4.79 Å². The van der Waals surface area contributed by atoms with Crippen LogP contribution in [0.25, 0.3) is 5.69 Å². The third-order valence-corrected chi connectivity index (χ3v) is 4.03. The summed E-state index contributed by atoms with van der Waals surface area (Å²) in [7, 11) is 1.37. The highest BCUT2D eigenvalue weighted by atomic mass is 19.4. The predicted octanol–water partition coefficient (Wildman–Crippen LogP) is 4.44. The highest BCUT2D eigenvalue weighted by Gasteiger charge is 2.41. The molecule has 0 aliphatic heterocycles. The van der Waals surface area contributed by atoms with Gasteiger partial charge in [0.1, 0.15) is 0 Å². The molecule has 28 heavy (non-hydrogen) atoms. The molecule has 0 bridgehead atoms. The number of nitrogens with zero attached hydrogens (tertiary/aromatic N) is 3. The van der Waals surface area contributed by atoms with E-state index in [1.807, 2.05) is 0 Å². The van der Waals surface area contributed by atoms with E-state index in [2.05, 4.69) is 5.10 Å². The molecule has 0 aliphatic rings. The van der Waals surface area contributed by atoms with Gasteiger partial charge in [-0.05, 0) is 17.7 Å². The van der Waals surface area contributed by atoms with Gasteiger partial charge in [-0.2, -0.15) is 18.3 Å². The standard InChI is InChI=1S/C19H14F5N3O/c1-26(11-12-5-3-2-4-6-12)18(28)14-10-25-27(17(14)19(22,23)24)13-7-8-15(20)16(21)9-13/h2-10H,11H2,1H3. The number of hydrogen-bond acceptors (Lipinski definition) is 2. The van der Waals surface area contributed by atoms with Gasteiger partial charge >= 0.3 is 6.18 Å². The second-order valence-corrected chi connectivity index (χ2v) is 6.06. The first kappa shape index (κ1) is 19.5. The molecule has 0 aliphatic carbocycles. The molecular weight excluding hydrogens is 381 g/mol. The molecule has 146 valence electrons. The van der Waals surface area contributed by atoms with E-state index in [0.717, 1.165) is 22.7 Å². The Labute approximate surface area is 156 Å². The van der Waals surface area contributed by atoms with Gasteiger partial charge in [-0.1, -0.05) is 30.3 Å². The molecule has 4 nitrogen and oxygen atoms in total. The molecule has 1 heterocycles. The van der Waals surface area contributed by atoms with E-state index < -0.39 is 35.0 Å². The van der Waals surface area contributed by atoms with Gasteiger partial charge in [0.05, 0.1) is 17.4 Å². The first-order valence-electron chi connectivity index (χ1n) is 8.08. The van der Waals surface area contributed by atoms with Gasteiger partial charge in [0.2, 0.25) is 0 Å². The summed E-state index contributed by atoms with van der Waals surface area (Å²) in [5.74, 6) is -3.43. The SMILES string of the molecule is CN(Cc1ccccc1)C(=O)c1cnn(-c2ccc(F)c(F)c2)c1C(F)(F)F. The van der Waals surface area contributed by atoms with Crippen LogP contribution in [0, 0.1) is 11.6 Å². The van der Waals surface area contributed by atoms with Crippen molar-refractivity contribution in [3.05, 3.63) is 83.2 Å². The number of amides is 1. The molecule has 9 heteroatoms. The smallest absolute Gasteiger partial charge is 0.337 e. The Morgan fingerprint density at radius 1 is 1.07 bits per heavy atom. The lowest BCUT2D eigenvalue weighted by Gasteiger charge is -2.18. The molecule has 0 spiro atoms. The molecule has 1 aromatic heterocycles. The number of benzene rings is 2. The van der Waals surface area contributed by atoms with Crippen molar-refractivity contribution >= 4 is 5.91 Å². The van der Waals surface area contributed by atoms with Crippen molar-refractivity contribution in [1.29, 1.82) is 0 Å². The third kappa shape index (κ3) is 3.88. The maximum absolute atomic E-state index is 13.7. The molecule has 2 aromatic carbocycles. The first-order chi connectivity index (χ1) is 13.2. The predicted molar refractivity (Wildman–Crippen MR) is 90.7 cm³/mol. The summed E-state index contributed by atoms with van der Waals surface area (Å²) >= 11 is 0. The zero-order valence-corrected chi connectivity index (χ0v) is 14.5. The van der Waals surface area contributed by atoms with Gasteiger partial charge in [0.15, 0.2) is 17.3 Å². The number of halogens is 5. The molecule has 0 fully saturated rings. The lowest BCUT2D eigenvalue weighted by atomic mass is 10.1. The Bertz CT molecular complexity index is 999. The summed E-state index contributed by atoms with van der Waals surface area (Å²) in [6, 6.07) is 11.0. The summed E-state index contributed by atoms with van der Waals surface area (Å²) < 4.78 is 67.9. The monoisotopic (exact) mass is 395 g/mol. The summed E-state index contributed by atoms with van der Waals surface area (Å²) in [6.07, 6.45) is -4.17. The zero-order valence-electron chi connectivity index (χ0n) is 14.5. The molecule has 0 saturated heterocycles. The largest absolute Gasteiger partial charge is 0.434 e. The molecule has 3 rings (SSSR count). The minimum absolute atomic E-state index is 0.0906. The Kier molecular flexibility index (Phi) is 5.17. The van der Waals surface area contributed by atoms with Crippen molar-refractivity contribution in [2.75, 3.05) is 7.05 Å². The lowest BCUT2D eigenvalue weighted by Crippen LogP contribution is -2.28. The van der Waals surface area contributed by atoms with Crippen LogP contribution >= 0.6 is 0 Å². The van der Waals surface area contributed by atoms with Crippen LogP contribution in [0.5, 0.6) is 0 Å². The zero-order chi connectivity index (χ0) is 20.5. The average molecular weight is 395 g/mol. The fourth-order valence-corrected chi connectivity index (χ4v) is 2.72. The van der Waals surface area contributed by atoms with E-state index in [1.165, 1.54) is 7.05 Å². The van der Waals surface area contributed by atoms with Gasteiger partial charge in [-0.25, -0.2) is 13.5 Å². The van der Waals surface area contributed by atoms with E-state index >= 15 is 0 Å². The first-order valence-corrected chi connectivity index (χ1v) is 8.08. The van der Waals surface area contributed by atoms with Crippen LogP contribution in [-0.4, -0.2) is 27.6 Å². The van der Waals surface area contributed by atoms with E-state index in [9.17, 15) is 26.7 Å². The van der Waals surface area contributed by atoms with Crippen molar-refractivity contribution in [2.24, 2.45) is 0 Å². The number of hydrogen-bond donors (Lipinski definition) is 0. The van der Waals surface area contributed by atoms with Crippen LogP contribution < -0.4 is 0 Å². The summed E-state index contributed by atoms with van der Waals surface area (Å²) in [6.45, 7) is 0.0906. The molecule has 0 radical (unpaired) electrons. The normalized spacial score (nSPS) is 11.5. The Morgan fingerprint density at radius 2 is 1.75 bits per heavy atom. The lowest BCUT2D eigenvalue weighted by molar-refractivity contribution is -0.143. The summed E-state index contributed by atoms with van der Waals surface area (Å²) in [4.78, 5) is 13.7. The number of carbonyl (C=O) groups is 1. The third-order valence-electron chi connectivity index (χ3n) is 4.03. The van der Waals surface area contributed by atoms with Crippen molar-refractivity contribution in [3.63, 3.8) is 0 Å². The van der Waals surface area contributed by atoms with Gasteiger partial charge in [-0.15, -0.1) is 0 Å². The Balaban J connectivity index is 2.00. The van der Waals surface area contributed by atoms with Gasteiger partial charge in [0.25, 0.3) is 5.91 Å². The fourth-order valence-electron chi connectivity index (χ4n) is 2.72. The number of alkyl halides is 3. The van der Waals surface area contributed by atoms with Crippen LogP contribution in [0.3, 0.4) is 0 Å². The molecule has 0 N–H and O–H groups in total. The van der Waals surface area contributed by atoms with Crippen molar-refractivity contribution < 1.29 is 26.7 Å². The van der Waals surface area contributed by atoms with Crippen molar-refractivity contribution in [3.8, 4) is 5.69 Å². The number of rotatable bonds is 4. The van der Waals surface area contributed by atoms with Crippen LogP contribution in [0.1, 0.15) is 21.6 Å². The summed E-state index contributed by atoms with van der Waals surface area (Å²) in [5.41, 5.74) is -1.66. The van der Waals surface area contributed by atoms with Crippen LogP contribution in [0.15, 0.2) is 54.7 Å². The molecule has 3 aromatic rings. The molecule has 0 unspecified atom stereocenters. The average Bonchev–Trinajstić information content (AvgIpc) is 3.09. The second-order valence-electron chi connectivity index (χ2n) is 6.06. The van der Waals surface area contributed by atoms with Crippen molar-refractivity contribution in [2.45, 2.75) is 12.7 Å². The van der Waals surface area contributed by atoms with Crippen molar-refractivity contribution in [1.82, 2.24) is 14.7 Å². The Hall–Kier alpha value is -3.23. The maximum Gasteiger partial charge on any atom is 0.434 e. The number of carbonyl (C=O) groups excluding carboxylic acids is 1. The van der Waals surface area contributed by atoms with E-state index in [1.54, 1.807) is 30.3 Å². The summed E-state index contributed by atoms with van der Waals surface area (Å²) in [5, 5.41) is 3.59. The minimum atomic E-state index is -4.94. The minimum Gasteiger partial charge on any atom is -0.337 e. The van der Waals surface area contributed by atoms with Crippen LogP contribution in [-0.2, 0) is 12.7 Å². The highest BCUT2D eigenvalue weighted by molar-refractivity contribution is 5.95. The molecule has 1 amide bonds. The molecular formula is C19H14F5N3O. The van der Waals surface area contributed by atoms with Crippen LogP contribution in [0.4, 0.5) is 22.0 Å². The molecule has 0 saturated carbocycles. The van der Waals surface area contributed by atoms with Gasteiger partial charge in [0, 0.05) is 19.7 Å². The van der Waals surface area contributed by atoms with E-state index in [4.69, 9.17) is 0 Å². The fraction of sp³-hybridized carbons (Fsp3) is 0.158. The maximum atomic E-state index is 13.7. The topological polar surface area (TPSA) is 38.1 Å². The quantitative estimate of drug-likeness (QED) is 0.613. The van der Waals surface area contributed by atoms with E-state index in [-0.39, 0.29) is 12.2 Å². The number of aromatic nitrogens is 2. The molecule has 0 atom stereocenters. The highest BCUT2D eigenvalue weighted by Crippen LogP contribution is 2.34. The van der Waals surface area contributed by atoms with E-state index in [0.29, 0.717) is 16.8 Å².